The summed E-state index contributed by atoms with van der Waals surface area (Å²) in [4.78, 5) is 14.4. The average Bonchev–Trinajstić information content (AvgIpc) is 2.56. The van der Waals surface area contributed by atoms with Crippen LogP contribution in [0.1, 0.15) is 24.2 Å². The Hall–Kier alpha value is -1.88. The van der Waals surface area contributed by atoms with Gasteiger partial charge in [0.15, 0.2) is 0 Å². The quantitative estimate of drug-likeness (QED) is 0.681. The van der Waals surface area contributed by atoms with Gasteiger partial charge in [-0.05, 0) is 24.1 Å². The van der Waals surface area contributed by atoms with Crippen LogP contribution in [0.4, 0.5) is 0 Å². The zero-order chi connectivity index (χ0) is 18.2. The summed E-state index contributed by atoms with van der Waals surface area (Å²) in [6, 6.07) is 5.93. The maximum atomic E-state index is 12.7. The largest absolute Gasteiger partial charge is 0.383 e. The SMILES string of the molecule is C#CCNS(=O)(=O)c1cccc(C(=O)N(CCOC)CC(C)C)c1. The van der Waals surface area contributed by atoms with Gasteiger partial charge in [-0.25, -0.2) is 8.42 Å². The number of amides is 1. The third kappa shape index (κ3) is 5.96. The first kappa shape index (κ1) is 20.2. The highest BCUT2D eigenvalue weighted by Crippen LogP contribution is 2.14. The van der Waals surface area contributed by atoms with Gasteiger partial charge < -0.3 is 9.64 Å². The highest BCUT2D eigenvalue weighted by atomic mass is 32.2. The average molecular weight is 352 g/mol. The van der Waals surface area contributed by atoms with Crippen molar-refractivity contribution in [2.24, 2.45) is 5.92 Å². The van der Waals surface area contributed by atoms with Crippen molar-refractivity contribution in [3.63, 3.8) is 0 Å². The highest BCUT2D eigenvalue weighted by Gasteiger charge is 2.20. The Bertz CT molecular complexity index is 693. The van der Waals surface area contributed by atoms with E-state index in [9.17, 15) is 13.2 Å². The van der Waals surface area contributed by atoms with E-state index in [1.165, 1.54) is 12.1 Å². The van der Waals surface area contributed by atoms with Crippen LogP contribution in [-0.4, -0.2) is 52.6 Å². The number of nitrogens with zero attached hydrogens (tertiary/aromatic N) is 1. The van der Waals surface area contributed by atoms with Crippen LogP contribution in [0.15, 0.2) is 29.2 Å². The van der Waals surface area contributed by atoms with E-state index in [0.717, 1.165) is 0 Å². The molecule has 132 valence electrons. The molecule has 0 unspecified atom stereocenters. The smallest absolute Gasteiger partial charge is 0.253 e. The summed E-state index contributed by atoms with van der Waals surface area (Å²) < 4.78 is 31.6. The second kappa shape index (κ2) is 9.42. The second-order valence-electron chi connectivity index (χ2n) is 5.69. The number of nitrogens with one attached hydrogen (secondary N) is 1. The number of benzene rings is 1. The second-order valence-corrected chi connectivity index (χ2v) is 7.46. The molecule has 0 bridgehead atoms. The molecule has 0 atom stereocenters. The lowest BCUT2D eigenvalue weighted by molar-refractivity contribution is 0.0672. The van der Waals surface area contributed by atoms with Gasteiger partial charge in [0.25, 0.3) is 5.91 Å². The van der Waals surface area contributed by atoms with E-state index in [1.54, 1.807) is 24.1 Å². The van der Waals surface area contributed by atoms with E-state index in [-0.39, 0.29) is 23.3 Å². The Kier molecular flexibility index (Phi) is 7.92. The van der Waals surface area contributed by atoms with Gasteiger partial charge in [0.05, 0.1) is 18.0 Å². The van der Waals surface area contributed by atoms with E-state index >= 15 is 0 Å². The molecule has 0 fully saturated rings. The molecular formula is C17H24N2O4S. The van der Waals surface area contributed by atoms with Crippen LogP contribution in [0.2, 0.25) is 0 Å². The molecule has 1 N–H and O–H groups in total. The summed E-state index contributed by atoms with van der Waals surface area (Å²) >= 11 is 0. The number of rotatable bonds is 9. The summed E-state index contributed by atoms with van der Waals surface area (Å²) in [5.41, 5.74) is 0.315. The molecule has 0 heterocycles. The van der Waals surface area contributed by atoms with Gasteiger partial charge >= 0.3 is 0 Å². The van der Waals surface area contributed by atoms with Crippen LogP contribution in [-0.2, 0) is 14.8 Å². The molecule has 1 aromatic rings. The predicted octanol–water partition coefficient (Wildman–Crippen LogP) is 1.34. The van der Waals surface area contributed by atoms with Gasteiger partial charge in [0, 0.05) is 25.8 Å². The summed E-state index contributed by atoms with van der Waals surface area (Å²) in [5, 5.41) is 0. The Morgan fingerprint density at radius 3 is 2.71 bits per heavy atom. The monoisotopic (exact) mass is 352 g/mol. The van der Waals surface area contributed by atoms with Crippen LogP contribution >= 0.6 is 0 Å². The van der Waals surface area contributed by atoms with Gasteiger partial charge in [0.2, 0.25) is 10.0 Å². The van der Waals surface area contributed by atoms with Gasteiger partial charge in [-0.2, -0.15) is 4.72 Å². The van der Waals surface area contributed by atoms with E-state index in [0.29, 0.717) is 25.3 Å². The highest BCUT2D eigenvalue weighted by molar-refractivity contribution is 7.89. The molecule has 0 aliphatic rings. The molecule has 6 nitrogen and oxygen atoms in total. The lowest BCUT2D eigenvalue weighted by Gasteiger charge is -2.24. The van der Waals surface area contributed by atoms with E-state index in [1.807, 2.05) is 13.8 Å². The number of sulfonamides is 1. The molecule has 0 aliphatic carbocycles. The van der Waals surface area contributed by atoms with Crippen molar-refractivity contribution in [1.29, 1.82) is 0 Å². The van der Waals surface area contributed by atoms with Crippen LogP contribution < -0.4 is 4.72 Å². The lowest BCUT2D eigenvalue weighted by Crippen LogP contribution is -2.36. The summed E-state index contributed by atoms with van der Waals surface area (Å²) in [6.45, 7) is 5.34. The minimum Gasteiger partial charge on any atom is -0.383 e. The number of hydrogen-bond acceptors (Lipinski definition) is 4. The number of carbonyl (C=O) groups is 1. The fourth-order valence-corrected chi connectivity index (χ4v) is 3.10. The van der Waals surface area contributed by atoms with E-state index in [2.05, 4.69) is 10.6 Å². The van der Waals surface area contributed by atoms with Crippen molar-refractivity contribution in [2.45, 2.75) is 18.7 Å². The first-order valence-corrected chi connectivity index (χ1v) is 9.11. The molecule has 1 aromatic carbocycles. The fourth-order valence-electron chi connectivity index (χ4n) is 2.12. The number of carbonyl (C=O) groups excluding carboxylic acids is 1. The Morgan fingerprint density at radius 2 is 2.12 bits per heavy atom. The van der Waals surface area contributed by atoms with Crippen LogP contribution in [0.5, 0.6) is 0 Å². The summed E-state index contributed by atoms with van der Waals surface area (Å²) in [5.74, 6) is 2.27. The predicted molar refractivity (Wildman–Crippen MR) is 93.1 cm³/mol. The molecular weight excluding hydrogens is 328 g/mol. The number of methoxy groups -OCH3 is 1. The molecule has 7 heteroatoms. The molecule has 0 saturated heterocycles. The van der Waals surface area contributed by atoms with Crippen molar-refractivity contribution >= 4 is 15.9 Å². The van der Waals surface area contributed by atoms with Gasteiger partial charge in [-0.15, -0.1) is 6.42 Å². The molecule has 1 rings (SSSR count). The van der Waals surface area contributed by atoms with E-state index < -0.39 is 10.0 Å². The van der Waals surface area contributed by atoms with Gasteiger partial charge in [0.1, 0.15) is 0 Å². The number of terminal acetylenes is 1. The molecule has 0 saturated carbocycles. The van der Waals surface area contributed by atoms with Crippen molar-refractivity contribution in [1.82, 2.24) is 9.62 Å². The van der Waals surface area contributed by atoms with Crippen molar-refractivity contribution in [2.75, 3.05) is 33.4 Å². The standard InChI is InChI=1S/C17H24N2O4S/c1-5-9-18-24(21,22)16-8-6-7-15(12-16)17(20)19(10-11-23-4)13-14(2)3/h1,6-8,12,14,18H,9-11,13H2,2-4H3. The Balaban J connectivity index is 3.05. The molecule has 0 aromatic heterocycles. The van der Waals surface area contributed by atoms with Crippen LogP contribution in [0.25, 0.3) is 0 Å². The first-order valence-electron chi connectivity index (χ1n) is 7.63. The summed E-state index contributed by atoms with van der Waals surface area (Å²) in [7, 11) is -2.16. The van der Waals surface area contributed by atoms with E-state index in [4.69, 9.17) is 11.2 Å². The topological polar surface area (TPSA) is 75.7 Å². The summed E-state index contributed by atoms with van der Waals surface area (Å²) in [6.07, 6.45) is 5.07. The molecule has 0 spiro atoms. The van der Waals surface area contributed by atoms with Crippen LogP contribution in [0.3, 0.4) is 0 Å². The minimum absolute atomic E-state index is 0.0137. The normalized spacial score (nSPS) is 11.3. The zero-order valence-corrected chi connectivity index (χ0v) is 15.1. The molecule has 0 radical (unpaired) electrons. The van der Waals surface area contributed by atoms with Crippen molar-refractivity contribution in [3.8, 4) is 12.3 Å². The van der Waals surface area contributed by atoms with Crippen molar-refractivity contribution in [3.05, 3.63) is 29.8 Å². The maximum absolute atomic E-state index is 12.7. The zero-order valence-electron chi connectivity index (χ0n) is 14.3. The first-order chi connectivity index (χ1) is 11.3. The minimum atomic E-state index is -3.73. The molecule has 24 heavy (non-hydrogen) atoms. The molecule has 1 amide bonds. The molecule has 0 aliphatic heterocycles. The number of hydrogen-bond donors (Lipinski definition) is 1. The lowest BCUT2D eigenvalue weighted by atomic mass is 10.1. The van der Waals surface area contributed by atoms with Gasteiger partial charge in [-0.3, -0.25) is 4.79 Å². The third-order valence-electron chi connectivity index (χ3n) is 3.19. The Morgan fingerprint density at radius 1 is 1.42 bits per heavy atom. The van der Waals surface area contributed by atoms with Gasteiger partial charge in [-0.1, -0.05) is 25.8 Å². The maximum Gasteiger partial charge on any atom is 0.253 e. The fraction of sp³-hybridized carbons (Fsp3) is 0.471. The number of ether oxygens (including phenoxy) is 1. The van der Waals surface area contributed by atoms with Crippen molar-refractivity contribution < 1.29 is 17.9 Å². The Labute approximate surface area is 144 Å². The third-order valence-corrected chi connectivity index (χ3v) is 4.59. The van der Waals surface area contributed by atoms with Crippen LogP contribution in [0, 0.1) is 18.3 Å².